The van der Waals surface area contributed by atoms with Crippen molar-refractivity contribution in [3.05, 3.63) is 60.3 Å². The zero-order valence-electron chi connectivity index (χ0n) is 21.8. The fraction of sp³-hybridized carbons (Fsp3) is 0.581. The Bertz CT molecular complexity index is 752. The fourth-order valence-corrected chi connectivity index (χ4v) is 3.98. The summed E-state index contributed by atoms with van der Waals surface area (Å²) in [6.07, 6.45) is 22.7. The van der Waals surface area contributed by atoms with Crippen LogP contribution in [-0.4, -0.2) is 24.8 Å². The van der Waals surface area contributed by atoms with Crippen molar-refractivity contribution >= 4 is 0 Å². The van der Waals surface area contributed by atoms with Crippen molar-refractivity contribution in [1.82, 2.24) is 4.98 Å². The third kappa shape index (κ3) is 12.9. The second-order valence-electron chi connectivity index (χ2n) is 9.19. The molecule has 0 unspecified atom stereocenters. The van der Waals surface area contributed by atoms with E-state index in [0.717, 1.165) is 55.9 Å². The molecule has 1 aromatic carbocycles. The average molecular weight is 466 g/mol. The standard InChI is InChI=1S/C31H47NO2/c1-3-5-6-7-8-9-10-11-12-16-26-34-30-22-23-31(32-27-30)29-20-18-28(19-21-29)17-14-13-15-25-33-24-4-2/h12,16,18-23,27H,3-11,13-15,17,24-26H2,1-2H3/b16-12+. The highest BCUT2D eigenvalue weighted by Gasteiger charge is 2.01. The Balaban J connectivity index is 1.60. The maximum Gasteiger partial charge on any atom is 0.138 e. The quantitative estimate of drug-likeness (QED) is 0.144. The number of unbranched alkanes of at least 4 members (excludes halogenated alkanes) is 9. The van der Waals surface area contributed by atoms with Crippen LogP contribution in [0.4, 0.5) is 0 Å². The number of aryl methyl sites for hydroxylation is 1. The lowest BCUT2D eigenvalue weighted by molar-refractivity contribution is 0.130. The van der Waals surface area contributed by atoms with Crippen LogP contribution in [0.3, 0.4) is 0 Å². The summed E-state index contributed by atoms with van der Waals surface area (Å²) in [5.41, 5.74) is 3.53. The first-order chi connectivity index (χ1) is 16.8. The molecule has 0 saturated carbocycles. The van der Waals surface area contributed by atoms with E-state index in [0.29, 0.717) is 6.61 Å². The van der Waals surface area contributed by atoms with Crippen molar-refractivity contribution in [2.24, 2.45) is 0 Å². The summed E-state index contributed by atoms with van der Waals surface area (Å²) in [6.45, 7) is 6.81. The number of rotatable bonds is 20. The van der Waals surface area contributed by atoms with Crippen molar-refractivity contribution in [3.8, 4) is 17.0 Å². The third-order valence-electron chi connectivity index (χ3n) is 6.08. The third-order valence-corrected chi connectivity index (χ3v) is 6.08. The molecule has 0 bridgehead atoms. The molecule has 0 aliphatic rings. The van der Waals surface area contributed by atoms with Crippen molar-refractivity contribution in [2.75, 3.05) is 19.8 Å². The van der Waals surface area contributed by atoms with Crippen LogP contribution in [0.15, 0.2) is 54.7 Å². The highest BCUT2D eigenvalue weighted by molar-refractivity contribution is 5.59. The first-order valence-corrected chi connectivity index (χ1v) is 13.7. The molecule has 188 valence electrons. The van der Waals surface area contributed by atoms with Crippen LogP contribution in [-0.2, 0) is 11.2 Å². The number of nitrogens with zero attached hydrogens (tertiary/aromatic N) is 1. The summed E-state index contributed by atoms with van der Waals surface area (Å²) in [7, 11) is 0. The van der Waals surface area contributed by atoms with Gasteiger partial charge in [0.05, 0.1) is 11.9 Å². The van der Waals surface area contributed by atoms with Crippen molar-refractivity contribution in [3.63, 3.8) is 0 Å². The van der Waals surface area contributed by atoms with Gasteiger partial charge in [0.15, 0.2) is 0 Å². The fourth-order valence-electron chi connectivity index (χ4n) is 3.98. The number of ether oxygens (including phenoxy) is 2. The number of allylic oxidation sites excluding steroid dienone is 1. The Morgan fingerprint density at radius 2 is 1.47 bits per heavy atom. The predicted molar refractivity (Wildman–Crippen MR) is 146 cm³/mol. The Labute approximate surface area is 209 Å². The summed E-state index contributed by atoms with van der Waals surface area (Å²) in [4.78, 5) is 4.60. The van der Waals surface area contributed by atoms with Crippen LogP contribution in [0.5, 0.6) is 5.75 Å². The van der Waals surface area contributed by atoms with Gasteiger partial charge in [0, 0.05) is 18.8 Å². The summed E-state index contributed by atoms with van der Waals surface area (Å²) >= 11 is 0. The molecule has 3 heteroatoms. The molecule has 34 heavy (non-hydrogen) atoms. The van der Waals surface area contributed by atoms with Crippen LogP contribution >= 0.6 is 0 Å². The molecule has 1 heterocycles. The van der Waals surface area contributed by atoms with Crippen LogP contribution in [0.25, 0.3) is 11.3 Å². The maximum atomic E-state index is 5.82. The van der Waals surface area contributed by atoms with E-state index < -0.39 is 0 Å². The lowest BCUT2D eigenvalue weighted by Gasteiger charge is -2.07. The van der Waals surface area contributed by atoms with Gasteiger partial charge in [-0.2, -0.15) is 0 Å². The molecule has 0 atom stereocenters. The van der Waals surface area contributed by atoms with Crippen molar-refractivity contribution < 1.29 is 9.47 Å². The Kier molecular flexibility index (Phi) is 15.9. The molecule has 0 aliphatic heterocycles. The Morgan fingerprint density at radius 3 is 2.21 bits per heavy atom. The molecule has 0 N–H and O–H groups in total. The van der Waals surface area contributed by atoms with E-state index in [2.05, 4.69) is 55.2 Å². The summed E-state index contributed by atoms with van der Waals surface area (Å²) in [5.74, 6) is 0.823. The van der Waals surface area contributed by atoms with Gasteiger partial charge in [-0.1, -0.05) is 95.2 Å². The molecule has 1 aromatic heterocycles. The minimum atomic E-state index is 0.608. The first-order valence-electron chi connectivity index (χ1n) is 13.7. The first kappa shape index (κ1) is 28.1. The van der Waals surface area contributed by atoms with Crippen molar-refractivity contribution in [2.45, 2.75) is 97.3 Å². The molecular formula is C31H47NO2. The van der Waals surface area contributed by atoms with Gasteiger partial charge < -0.3 is 9.47 Å². The highest BCUT2D eigenvalue weighted by atomic mass is 16.5. The van der Waals surface area contributed by atoms with E-state index in [1.807, 2.05) is 18.3 Å². The van der Waals surface area contributed by atoms with E-state index in [4.69, 9.17) is 9.47 Å². The zero-order chi connectivity index (χ0) is 24.1. The van der Waals surface area contributed by atoms with Gasteiger partial charge >= 0.3 is 0 Å². The number of pyridine rings is 1. The van der Waals surface area contributed by atoms with E-state index in [-0.39, 0.29) is 0 Å². The molecule has 2 rings (SSSR count). The van der Waals surface area contributed by atoms with E-state index >= 15 is 0 Å². The largest absolute Gasteiger partial charge is 0.488 e. The van der Waals surface area contributed by atoms with Gasteiger partial charge in [0.2, 0.25) is 0 Å². The molecule has 0 amide bonds. The average Bonchev–Trinajstić information content (AvgIpc) is 2.87. The summed E-state index contributed by atoms with van der Waals surface area (Å²) < 4.78 is 11.4. The van der Waals surface area contributed by atoms with Gasteiger partial charge in [-0.05, 0) is 56.2 Å². The molecule has 0 fully saturated rings. The Hall–Kier alpha value is -2.13. The van der Waals surface area contributed by atoms with Crippen molar-refractivity contribution in [1.29, 1.82) is 0 Å². The maximum absolute atomic E-state index is 5.82. The van der Waals surface area contributed by atoms with Gasteiger partial charge in [0.1, 0.15) is 12.4 Å². The van der Waals surface area contributed by atoms with E-state index in [1.54, 1.807) is 0 Å². The lowest BCUT2D eigenvalue weighted by Crippen LogP contribution is -1.96. The molecule has 0 spiro atoms. The number of hydrogen-bond acceptors (Lipinski definition) is 3. The summed E-state index contributed by atoms with van der Waals surface area (Å²) in [5, 5.41) is 0. The van der Waals surface area contributed by atoms with Crippen LogP contribution < -0.4 is 4.74 Å². The topological polar surface area (TPSA) is 31.4 Å². The predicted octanol–water partition coefficient (Wildman–Crippen LogP) is 8.96. The van der Waals surface area contributed by atoms with E-state index in [1.165, 1.54) is 63.4 Å². The normalized spacial score (nSPS) is 11.4. The Morgan fingerprint density at radius 1 is 0.706 bits per heavy atom. The number of aromatic nitrogens is 1. The summed E-state index contributed by atoms with van der Waals surface area (Å²) in [6, 6.07) is 12.9. The minimum Gasteiger partial charge on any atom is -0.488 e. The second-order valence-corrected chi connectivity index (χ2v) is 9.19. The van der Waals surface area contributed by atoms with Crippen LogP contribution in [0, 0.1) is 0 Å². The van der Waals surface area contributed by atoms with Crippen LogP contribution in [0.2, 0.25) is 0 Å². The molecule has 0 radical (unpaired) electrons. The second kappa shape index (κ2) is 19.2. The monoisotopic (exact) mass is 465 g/mol. The lowest BCUT2D eigenvalue weighted by atomic mass is 10.0. The number of benzene rings is 1. The molecule has 0 aliphatic carbocycles. The number of hydrogen-bond donors (Lipinski definition) is 0. The zero-order valence-corrected chi connectivity index (χ0v) is 21.8. The van der Waals surface area contributed by atoms with Crippen LogP contribution in [0.1, 0.15) is 96.5 Å². The molecular weight excluding hydrogens is 418 g/mol. The van der Waals surface area contributed by atoms with E-state index in [9.17, 15) is 0 Å². The molecule has 3 nitrogen and oxygen atoms in total. The van der Waals surface area contributed by atoms with Gasteiger partial charge in [-0.15, -0.1) is 0 Å². The van der Waals surface area contributed by atoms with Gasteiger partial charge in [-0.25, -0.2) is 0 Å². The molecule has 2 aromatic rings. The highest BCUT2D eigenvalue weighted by Crippen LogP contribution is 2.21. The van der Waals surface area contributed by atoms with Gasteiger partial charge in [0.25, 0.3) is 0 Å². The minimum absolute atomic E-state index is 0.608. The smallest absolute Gasteiger partial charge is 0.138 e. The molecule has 0 saturated heterocycles. The SMILES string of the molecule is CCCCCCCCC/C=C/COc1ccc(-c2ccc(CCCCCOCCC)cc2)nc1. The van der Waals surface area contributed by atoms with Gasteiger partial charge in [-0.3, -0.25) is 4.98 Å².